The molecular weight excluding hydrogens is 251 g/mol. The predicted octanol–water partition coefficient (Wildman–Crippen LogP) is 4.04. The number of aromatic nitrogens is 2. The Kier molecular flexibility index (Phi) is 3.33. The molecule has 3 heteroatoms. The molecule has 1 atom stereocenters. The van der Waals surface area contributed by atoms with E-state index < -0.39 is 0 Å². The number of hydrogen-bond acceptors (Lipinski definition) is 1. The number of halogens is 1. The van der Waals surface area contributed by atoms with Crippen molar-refractivity contribution < 1.29 is 4.39 Å². The van der Waals surface area contributed by atoms with Crippen molar-refractivity contribution in [2.75, 3.05) is 0 Å². The lowest BCUT2D eigenvalue weighted by molar-refractivity contribution is 0.596. The van der Waals surface area contributed by atoms with E-state index in [9.17, 15) is 4.39 Å². The lowest BCUT2D eigenvalue weighted by Crippen LogP contribution is -2.07. The van der Waals surface area contributed by atoms with Crippen LogP contribution in [0.15, 0.2) is 61.1 Å². The summed E-state index contributed by atoms with van der Waals surface area (Å²) in [5.74, 6) is -0.324. The third kappa shape index (κ3) is 2.23. The van der Waals surface area contributed by atoms with E-state index in [1.807, 2.05) is 42.5 Å². The Bertz CT molecular complexity index is 690. The van der Waals surface area contributed by atoms with Crippen LogP contribution in [0.4, 0.5) is 4.39 Å². The molecular formula is C17H15FN2. The molecule has 0 saturated heterocycles. The van der Waals surface area contributed by atoms with Crippen molar-refractivity contribution in [1.82, 2.24) is 9.97 Å². The lowest BCUT2D eigenvalue weighted by Gasteiger charge is -2.18. The summed E-state index contributed by atoms with van der Waals surface area (Å²) in [5, 5.41) is 0. The van der Waals surface area contributed by atoms with Crippen LogP contribution < -0.4 is 0 Å². The maximum atomic E-state index is 14.5. The summed E-state index contributed by atoms with van der Waals surface area (Å²) in [6, 6.07) is 15.4. The van der Waals surface area contributed by atoms with E-state index in [1.54, 1.807) is 25.5 Å². The maximum absolute atomic E-state index is 14.5. The first kappa shape index (κ1) is 12.6. The van der Waals surface area contributed by atoms with Crippen LogP contribution >= 0.6 is 0 Å². The molecule has 0 aliphatic heterocycles. The molecule has 0 spiro atoms. The zero-order valence-corrected chi connectivity index (χ0v) is 11.2. The van der Waals surface area contributed by atoms with Crippen LogP contribution in [-0.4, -0.2) is 9.97 Å². The number of rotatable bonds is 3. The van der Waals surface area contributed by atoms with E-state index in [4.69, 9.17) is 0 Å². The highest BCUT2D eigenvalue weighted by Crippen LogP contribution is 2.32. The summed E-state index contributed by atoms with van der Waals surface area (Å²) in [5.41, 5.74) is 3.25. The van der Waals surface area contributed by atoms with Crippen LogP contribution in [0, 0.1) is 12.7 Å². The van der Waals surface area contributed by atoms with Crippen molar-refractivity contribution in [3.05, 3.63) is 89.3 Å². The lowest BCUT2D eigenvalue weighted by atomic mass is 9.87. The minimum atomic E-state index is -0.168. The number of nitrogens with one attached hydrogen (secondary N) is 1. The van der Waals surface area contributed by atoms with Gasteiger partial charge >= 0.3 is 0 Å². The van der Waals surface area contributed by atoms with Gasteiger partial charge < -0.3 is 4.98 Å². The first-order valence-electron chi connectivity index (χ1n) is 6.55. The van der Waals surface area contributed by atoms with Crippen molar-refractivity contribution >= 4 is 0 Å². The number of imidazole rings is 1. The molecule has 0 radical (unpaired) electrons. The molecule has 100 valence electrons. The summed E-state index contributed by atoms with van der Waals surface area (Å²) >= 11 is 0. The SMILES string of the molecule is Cc1cccc(C(c2ccccc2)c2cnc[nH]2)c1F. The van der Waals surface area contributed by atoms with Crippen molar-refractivity contribution in [2.24, 2.45) is 0 Å². The van der Waals surface area contributed by atoms with Crippen LogP contribution in [0.1, 0.15) is 28.3 Å². The monoisotopic (exact) mass is 266 g/mol. The van der Waals surface area contributed by atoms with Crippen LogP contribution in [-0.2, 0) is 0 Å². The van der Waals surface area contributed by atoms with E-state index in [0.717, 1.165) is 11.3 Å². The summed E-state index contributed by atoms with van der Waals surface area (Å²) in [6.07, 6.45) is 3.37. The third-order valence-corrected chi connectivity index (χ3v) is 3.50. The van der Waals surface area contributed by atoms with Gasteiger partial charge in [0.25, 0.3) is 0 Å². The molecule has 0 amide bonds. The van der Waals surface area contributed by atoms with Crippen LogP contribution in [0.2, 0.25) is 0 Å². The van der Waals surface area contributed by atoms with Gasteiger partial charge in [-0.1, -0.05) is 48.5 Å². The van der Waals surface area contributed by atoms with E-state index in [-0.39, 0.29) is 11.7 Å². The average molecular weight is 266 g/mol. The van der Waals surface area contributed by atoms with Crippen molar-refractivity contribution in [1.29, 1.82) is 0 Å². The van der Waals surface area contributed by atoms with Gasteiger partial charge in [-0.05, 0) is 18.1 Å². The minimum Gasteiger partial charge on any atom is -0.348 e. The Morgan fingerprint density at radius 1 is 1.05 bits per heavy atom. The summed E-state index contributed by atoms with van der Waals surface area (Å²) in [6.45, 7) is 1.79. The Balaban J connectivity index is 2.19. The van der Waals surface area contributed by atoms with Gasteiger partial charge in [-0.15, -0.1) is 0 Å². The van der Waals surface area contributed by atoms with Crippen LogP contribution in [0.25, 0.3) is 0 Å². The minimum absolute atomic E-state index is 0.157. The second-order valence-electron chi connectivity index (χ2n) is 4.83. The fraction of sp³-hybridized carbons (Fsp3) is 0.118. The molecule has 1 aromatic heterocycles. The Morgan fingerprint density at radius 2 is 1.85 bits per heavy atom. The summed E-state index contributed by atoms with van der Waals surface area (Å²) < 4.78 is 14.5. The number of hydrogen-bond donors (Lipinski definition) is 1. The standard InChI is InChI=1S/C17H15FN2/c1-12-6-5-9-14(17(12)18)16(15-10-19-11-20-15)13-7-3-2-4-8-13/h2-11,16H,1H3,(H,19,20). The molecule has 2 aromatic carbocycles. The molecule has 1 N–H and O–H groups in total. The number of nitrogens with zero attached hydrogens (tertiary/aromatic N) is 1. The van der Waals surface area contributed by atoms with Gasteiger partial charge in [0, 0.05) is 17.5 Å². The highest BCUT2D eigenvalue weighted by molar-refractivity contribution is 5.41. The zero-order valence-electron chi connectivity index (χ0n) is 11.2. The Labute approximate surface area is 117 Å². The van der Waals surface area contributed by atoms with Crippen LogP contribution in [0.3, 0.4) is 0 Å². The summed E-state index contributed by atoms with van der Waals surface area (Å²) in [4.78, 5) is 7.17. The van der Waals surface area contributed by atoms with Gasteiger partial charge in [0.15, 0.2) is 0 Å². The Hall–Kier alpha value is -2.42. The number of aryl methyl sites for hydroxylation is 1. The molecule has 0 saturated carbocycles. The first-order chi connectivity index (χ1) is 9.77. The van der Waals surface area contributed by atoms with Gasteiger partial charge in [0.1, 0.15) is 5.82 Å². The van der Waals surface area contributed by atoms with E-state index in [1.165, 1.54) is 0 Å². The number of benzene rings is 2. The third-order valence-electron chi connectivity index (χ3n) is 3.50. The van der Waals surface area contributed by atoms with Gasteiger partial charge in [-0.3, -0.25) is 0 Å². The van der Waals surface area contributed by atoms with Crippen molar-refractivity contribution in [2.45, 2.75) is 12.8 Å². The van der Waals surface area contributed by atoms with E-state index in [2.05, 4.69) is 9.97 Å². The highest BCUT2D eigenvalue weighted by Gasteiger charge is 2.21. The Morgan fingerprint density at radius 3 is 2.55 bits per heavy atom. The molecule has 1 heterocycles. The van der Waals surface area contributed by atoms with Gasteiger partial charge in [0.05, 0.1) is 12.2 Å². The molecule has 0 fully saturated rings. The second-order valence-corrected chi connectivity index (χ2v) is 4.83. The second kappa shape index (κ2) is 5.29. The average Bonchev–Trinajstić information content (AvgIpc) is 2.99. The molecule has 0 bridgehead atoms. The summed E-state index contributed by atoms with van der Waals surface area (Å²) in [7, 11) is 0. The first-order valence-corrected chi connectivity index (χ1v) is 6.55. The molecule has 3 rings (SSSR count). The fourth-order valence-corrected chi connectivity index (χ4v) is 2.49. The molecule has 2 nitrogen and oxygen atoms in total. The molecule has 0 aliphatic carbocycles. The van der Waals surface area contributed by atoms with Crippen molar-refractivity contribution in [3.63, 3.8) is 0 Å². The number of aromatic amines is 1. The number of H-pyrrole nitrogens is 1. The fourth-order valence-electron chi connectivity index (χ4n) is 2.49. The molecule has 1 unspecified atom stereocenters. The van der Waals surface area contributed by atoms with Crippen LogP contribution in [0.5, 0.6) is 0 Å². The normalized spacial score (nSPS) is 12.3. The van der Waals surface area contributed by atoms with Gasteiger partial charge in [-0.25, -0.2) is 9.37 Å². The molecule has 3 aromatic rings. The predicted molar refractivity (Wildman–Crippen MR) is 77.1 cm³/mol. The molecule has 0 aliphatic rings. The topological polar surface area (TPSA) is 28.7 Å². The van der Waals surface area contributed by atoms with Gasteiger partial charge in [-0.2, -0.15) is 0 Å². The smallest absolute Gasteiger partial charge is 0.130 e. The van der Waals surface area contributed by atoms with Crippen molar-refractivity contribution in [3.8, 4) is 0 Å². The maximum Gasteiger partial charge on any atom is 0.130 e. The van der Waals surface area contributed by atoms with Gasteiger partial charge in [0.2, 0.25) is 0 Å². The molecule has 20 heavy (non-hydrogen) atoms. The zero-order chi connectivity index (χ0) is 13.9. The van der Waals surface area contributed by atoms with E-state index >= 15 is 0 Å². The largest absolute Gasteiger partial charge is 0.348 e. The van der Waals surface area contributed by atoms with E-state index in [0.29, 0.717) is 11.1 Å². The quantitative estimate of drug-likeness (QED) is 0.761. The highest BCUT2D eigenvalue weighted by atomic mass is 19.1.